The molecule has 1 aromatic carbocycles. The summed E-state index contributed by atoms with van der Waals surface area (Å²) in [5, 5.41) is 3.20. The molecule has 0 spiro atoms. The highest BCUT2D eigenvalue weighted by Crippen LogP contribution is 2.33. The van der Waals surface area contributed by atoms with E-state index in [4.69, 9.17) is 11.5 Å². The third-order valence-electron chi connectivity index (χ3n) is 2.58. The van der Waals surface area contributed by atoms with Crippen molar-refractivity contribution in [1.29, 1.82) is 0 Å². The summed E-state index contributed by atoms with van der Waals surface area (Å²) in [5.74, 6) is -0.347. The number of nitrogens with one attached hydrogen (secondary N) is 1. The van der Waals surface area contributed by atoms with E-state index in [0.29, 0.717) is 0 Å². The minimum absolute atomic E-state index is 0.211. The highest BCUT2D eigenvalue weighted by Gasteiger charge is 2.14. The molecule has 1 aliphatic rings. The van der Waals surface area contributed by atoms with Crippen LogP contribution in [0.1, 0.15) is 32.8 Å². The number of rotatable bonds is 3. The van der Waals surface area contributed by atoms with Gasteiger partial charge >= 0.3 is 0 Å². The van der Waals surface area contributed by atoms with Crippen LogP contribution < -0.4 is 16.8 Å². The fraction of sp³-hybridized carbons (Fsp3) is 0.353. The summed E-state index contributed by atoms with van der Waals surface area (Å²) < 4.78 is 0. The van der Waals surface area contributed by atoms with Gasteiger partial charge in [0.05, 0.1) is 6.42 Å². The Balaban J connectivity index is 0.000000789. The topological polar surface area (TPSA) is 81.1 Å². The van der Waals surface area contributed by atoms with Gasteiger partial charge in [0.2, 0.25) is 5.91 Å². The first kappa shape index (κ1) is 20.3. The Labute approximate surface area is 138 Å². The molecule has 0 unspecified atom stereocenters. The second-order valence-corrected chi connectivity index (χ2v) is 5.16. The molecule has 0 atom stereocenters. The number of hydrogen-bond donors (Lipinski definition) is 3. The van der Waals surface area contributed by atoms with Crippen LogP contribution in [0.25, 0.3) is 5.57 Å². The van der Waals surface area contributed by atoms with E-state index in [0.717, 1.165) is 29.1 Å². The summed E-state index contributed by atoms with van der Waals surface area (Å²) in [6, 6.07) is 6.13. The lowest BCUT2D eigenvalue weighted by Crippen LogP contribution is -2.16. The summed E-state index contributed by atoms with van der Waals surface area (Å²) in [6.07, 6.45) is 4.12. The van der Waals surface area contributed by atoms with Gasteiger partial charge in [0.25, 0.3) is 0 Å². The van der Waals surface area contributed by atoms with E-state index in [2.05, 4.69) is 18.0 Å². The lowest BCUT2D eigenvalue weighted by atomic mass is 9.99. The number of carbonyl (C=O) groups excluding carboxylic acids is 1. The molecule has 2 rings (SSSR count). The maximum atomic E-state index is 10.9. The average molecular weight is 321 g/mol. The van der Waals surface area contributed by atoms with Crippen LogP contribution in [0.15, 0.2) is 41.4 Å². The van der Waals surface area contributed by atoms with E-state index in [1.807, 2.05) is 45.2 Å². The molecule has 0 aliphatic carbocycles. The molecule has 1 amide bonds. The number of anilines is 1. The van der Waals surface area contributed by atoms with E-state index in [-0.39, 0.29) is 12.3 Å². The van der Waals surface area contributed by atoms with E-state index < -0.39 is 0 Å². The predicted octanol–water partition coefficient (Wildman–Crippen LogP) is 3.60. The summed E-state index contributed by atoms with van der Waals surface area (Å²) in [5.41, 5.74) is 13.8. The molecule has 1 aliphatic heterocycles. The van der Waals surface area contributed by atoms with Gasteiger partial charge in [-0.15, -0.1) is 11.8 Å². The smallest absolute Gasteiger partial charge is 0.223 e. The van der Waals surface area contributed by atoms with Crippen LogP contribution in [0, 0.1) is 0 Å². The molecule has 5 heteroatoms. The van der Waals surface area contributed by atoms with Crippen molar-refractivity contribution < 1.29 is 4.79 Å². The standard InChI is InChI=1S/C13H14N2OS.C2H7N.C2H6/c1-8-5-9(6-13(14)16)15-12-4-3-10(17-2)7-11(8)12;1-2-3;1-2/h3-5,7,15H,1,6H2,2H3,(H2,14,16);2-3H2,1H3;1-2H3. The number of primary amides is 1. The van der Waals surface area contributed by atoms with E-state index in [1.54, 1.807) is 11.8 Å². The van der Waals surface area contributed by atoms with Gasteiger partial charge in [0.15, 0.2) is 0 Å². The van der Waals surface area contributed by atoms with Gasteiger partial charge in [-0.3, -0.25) is 4.79 Å². The van der Waals surface area contributed by atoms with Gasteiger partial charge < -0.3 is 16.8 Å². The molecule has 122 valence electrons. The average Bonchev–Trinajstić information content (AvgIpc) is 2.49. The van der Waals surface area contributed by atoms with Gasteiger partial charge in [-0.1, -0.05) is 27.4 Å². The third kappa shape index (κ3) is 6.37. The Kier molecular flexibility index (Phi) is 10.1. The van der Waals surface area contributed by atoms with E-state index in [9.17, 15) is 4.79 Å². The first-order valence-corrected chi connectivity index (χ1v) is 8.57. The minimum atomic E-state index is -0.347. The van der Waals surface area contributed by atoms with Gasteiger partial charge in [-0.25, -0.2) is 0 Å². The van der Waals surface area contributed by atoms with E-state index >= 15 is 0 Å². The van der Waals surface area contributed by atoms with Crippen molar-refractivity contribution in [3.05, 3.63) is 42.1 Å². The van der Waals surface area contributed by atoms with Crippen LogP contribution in [-0.4, -0.2) is 18.7 Å². The zero-order valence-electron chi connectivity index (χ0n) is 13.9. The molecule has 0 aromatic heterocycles. The first-order chi connectivity index (χ1) is 10.5. The molecule has 5 N–H and O–H groups in total. The fourth-order valence-corrected chi connectivity index (χ4v) is 2.24. The van der Waals surface area contributed by atoms with Crippen LogP contribution in [0.5, 0.6) is 0 Å². The molecular weight excluding hydrogens is 294 g/mol. The Morgan fingerprint density at radius 1 is 1.36 bits per heavy atom. The summed E-state index contributed by atoms with van der Waals surface area (Å²) in [6.45, 7) is 10.7. The number of nitrogens with two attached hydrogens (primary N) is 2. The van der Waals surface area contributed by atoms with Crippen molar-refractivity contribution in [1.82, 2.24) is 0 Å². The highest BCUT2D eigenvalue weighted by molar-refractivity contribution is 7.98. The zero-order chi connectivity index (χ0) is 17.1. The summed E-state index contributed by atoms with van der Waals surface area (Å²) in [4.78, 5) is 12.1. The van der Waals surface area contributed by atoms with Crippen LogP contribution in [0.2, 0.25) is 0 Å². The number of carbonyl (C=O) groups is 1. The lowest BCUT2D eigenvalue weighted by Gasteiger charge is -2.20. The van der Waals surface area contributed by atoms with Crippen molar-refractivity contribution in [3.8, 4) is 0 Å². The first-order valence-electron chi connectivity index (χ1n) is 7.35. The summed E-state index contributed by atoms with van der Waals surface area (Å²) in [7, 11) is 0. The molecule has 1 heterocycles. The molecule has 0 radical (unpaired) electrons. The quantitative estimate of drug-likeness (QED) is 0.743. The van der Waals surface area contributed by atoms with Crippen molar-refractivity contribution in [2.75, 3.05) is 18.1 Å². The lowest BCUT2D eigenvalue weighted by molar-refractivity contribution is -0.117. The van der Waals surface area contributed by atoms with Crippen molar-refractivity contribution in [2.24, 2.45) is 11.5 Å². The zero-order valence-corrected chi connectivity index (χ0v) is 14.7. The highest BCUT2D eigenvalue weighted by atomic mass is 32.2. The second-order valence-electron chi connectivity index (χ2n) is 4.28. The molecule has 4 nitrogen and oxygen atoms in total. The maximum Gasteiger partial charge on any atom is 0.223 e. The van der Waals surface area contributed by atoms with Crippen molar-refractivity contribution in [3.63, 3.8) is 0 Å². The molecule has 0 saturated carbocycles. The molecule has 0 fully saturated rings. The number of benzene rings is 1. The molecule has 0 saturated heterocycles. The second kappa shape index (κ2) is 10.9. The number of allylic oxidation sites excluding steroid dienone is 2. The van der Waals surface area contributed by atoms with Crippen LogP contribution in [0.3, 0.4) is 0 Å². The maximum absolute atomic E-state index is 10.9. The van der Waals surface area contributed by atoms with Crippen molar-refractivity contribution in [2.45, 2.75) is 32.1 Å². The van der Waals surface area contributed by atoms with Gasteiger partial charge in [-0.05, 0) is 42.6 Å². The number of amides is 1. The van der Waals surface area contributed by atoms with E-state index in [1.165, 1.54) is 4.90 Å². The van der Waals surface area contributed by atoms with Crippen LogP contribution in [0.4, 0.5) is 5.69 Å². The Hall–Kier alpha value is -1.72. The predicted molar refractivity (Wildman–Crippen MR) is 98.9 cm³/mol. The SMILES string of the molecule is C=C1C=C(CC(N)=O)Nc2ccc(SC)cc21.CC.CCN. The van der Waals surface area contributed by atoms with Gasteiger partial charge in [0.1, 0.15) is 0 Å². The van der Waals surface area contributed by atoms with Crippen LogP contribution in [-0.2, 0) is 4.79 Å². The third-order valence-corrected chi connectivity index (χ3v) is 3.31. The molecule has 1 aromatic rings. The monoisotopic (exact) mass is 321 g/mol. The number of thioether (sulfide) groups is 1. The summed E-state index contributed by atoms with van der Waals surface area (Å²) >= 11 is 1.69. The van der Waals surface area contributed by atoms with Crippen molar-refractivity contribution >= 4 is 28.9 Å². The number of hydrogen-bond acceptors (Lipinski definition) is 4. The minimum Gasteiger partial charge on any atom is -0.369 e. The van der Waals surface area contributed by atoms with Crippen LogP contribution >= 0.6 is 11.8 Å². The molecule has 0 bridgehead atoms. The Bertz CT molecular complexity index is 539. The Morgan fingerprint density at radius 3 is 2.45 bits per heavy atom. The molecular formula is C17H27N3OS. The Morgan fingerprint density at radius 2 is 1.95 bits per heavy atom. The largest absolute Gasteiger partial charge is 0.369 e. The van der Waals surface area contributed by atoms with Gasteiger partial charge in [0, 0.05) is 21.8 Å². The normalized spacial score (nSPS) is 11.7. The molecule has 22 heavy (non-hydrogen) atoms. The fourth-order valence-electron chi connectivity index (χ4n) is 1.81. The van der Waals surface area contributed by atoms with Gasteiger partial charge in [-0.2, -0.15) is 0 Å². The number of fused-ring (bicyclic) bond motifs is 1.